The van der Waals surface area contributed by atoms with Crippen LogP contribution in [0.1, 0.15) is 36.7 Å². The first-order valence-corrected chi connectivity index (χ1v) is 5.36. The van der Waals surface area contributed by atoms with Gasteiger partial charge in [0.2, 0.25) is 0 Å². The van der Waals surface area contributed by atoms with Crippen LogP contribution in [0.15, 0.2) is 18.2 Å². The largest absolute Gasteiger partial charge is 0.488 e. The van der Waals surface area contributed by atoms with Crippen molar-refractivity contribution in [2.75, 3.05) is 7.11 Å². The maximum atomic E-state index is 11.7. The van der Waals surface area contributed by atoms with Gasteiger partial charge < -0.3 is 14.8 Å². The van der Waals surface area contributed by atoms with Crippen LogP contribution in [-0.4, -0.2) is 30.2 Å². The lowest BCUT2D eigenvalue weighted by Crippen LogP contribution is -2.32. The van der Waals surface area contributed by atoms with E-state index >= 15 is 0 Å². The molecule has 92 valence electrons. The number of carbonyl (C=O) groups excluding carboxylic acids is 1. The predicted octanol–water partition coefficient (Wildman–Crippen LogP) is 0.450. The Morgan fingerprint density at radius 2 is 1.88 bits per heavy atom. The fourth-order valence-electron chi connectivity index (χ4n) is 1.66. The number of hydrogen-bond donors (Lipinski definition) is 2. The average Bonchev–Trinajstić information content (AvgIpc) is 2.25. The number of methoxy groups -OCH3 is 1. The summed E-state index contributed by atoms with van der Waals surface area (Å²) in [5, 5.41) is 18.2. The van der Waals surface area contributed by atoms with Gasteiger partial charge in [0, 0.05) is 0 Å². The fourth-order valence-corrected chi connectivity index (χ4v) is 1.66. The van der Waals surface area contributed by atoms with E-state index < -0.39 is 13.1 Å². The minimum absolute atomic E-state index is 0.220. The molecule has 0 amide bonds. The number of rotatable bonds is 2. The Bertz CT molecular complexity index is 421. The molecule has 0 heterocycles. The second-order valence-electron chi connectivity index (χ2n) is 4.92. The first kappa shape index (κ1) is 13.7. The molecule has 0 aromatic heterocycles. The van der Waals surface area contributed by atoms with Gasteiger partial charge in [-0.1, -0.05) is 32.9 Å². The van der Waals surface area contributed by atoms with Crippen LogP contribution in [0.5, 0.6) is 0 Å². The summed E-state index contributed by atoms with van der Waals surface area (Å²) in [5.74, 6) is -0.475. The number of carbonyl (C=O) groups is 1. The van der Waals surface area contributed by atoms with Crippen molar-refractivity contribution in [3.05, 3.63) is 29.3 Å². The maximum absolute atomic E-state index is 11.7. The van der Waals surface area contributed by atoms with E-state index in [1.165, 1.54) is 13.2 Å². The van der Waals surface area contributed by atoms with Crippen molar-refractivity contribution in [1.29, 1.82) is 0 Å². The Morgan fingerprint density at radius 3 is 2.29 bits per heavy atom. The minimum Gasteiger partial charge on any atom is -0.465 e. The molecule has 17 heavy (non-hydrogen) atoms. The van der Waals surface area contributed by atoms with Gasteiger partial charge in [0.15, 0.2) is 0 Å². The molecule has 0 spiro atoms. The molecule has 0 saturated carbocycles. The van der Waals surface area contributed by atoms with Gasteiger partial charge in [-0.05, 0) is 22.5 Å². The van der Waals surface area contributed by atoms with Crippen molar-refractivity contribution in [3.63, 3.8) is 0 Å². The topological polar surface area (TPSA) is 66.8 Å². The zero-order valence-corrected chi connectivity index (χ0v) is 10.5. The quantitative estimate of drug-likeness (QED) is 0.578. The molecule has 1 aromatic carbocycles. The molecule has 0 saturated heterocycles. The number of esters is 1. The van der Waals surface area contributed by atoms with E-state index in [4.69, 9.17) is 14.8 Å². The predicted molar refractivity (Wildman–Crippen MR) is 66.3 cm³/mol. The van der Waals surface area contributed by atoms with Crippen LogP contribution in [0.3, 0.4) is 0 Å². The molecule has 0 aliphatic heterocycles. The lowest BCUT2D eigenvalue weighted by Gasteiger charge is -2.22. The normalized spacial score (nSPS) is 11.2. The van der Waals surface area contributed by atoms with Crippen molar-refractivity contribution in [1.82, 2.24) is 0 Å². The Labute approximate surface area is 101 Å². The molecule has 0 atom stereocenters. The van der Waals surface area contributed by atoms with Crippen LogP contribution in [0.25, 0.3) is 0 Å². The Balaban J connectivity index is 3.37. The summed E-state index contributed by atoms with van der Waals surface area (Å²) in [5.41, 5.74) is 1.24. The summed E-state index contributed by atoms with van der Waals surface area (Å²) in [6.07, 6.45) is 0. The van der Waals surface area contributed by atoms with Gasteiger partial charge in [-0.3, -0.25) is 0 Å². The van der Waals surface area contributed by atoms with Gasteiger partial charge in [0.1, 0.15) is 0 Å². The third-order valence-corrected chi connectivity index (χ3v) is 2.56. The van der Waals surface area contributed by atoms with E-state index in [0.717, 1.165) is 5.56 Å². The summed E-state index contributed by atoms with van der Waals surface area (Å²) >= 11 is 0. The van der Waals surface area contributed by atoms with Crippen molar-refractivity contribution < 1.29 is 19.6 Å². The highest BCUT2D eigenvalue weighted by molar-refractivity contribution is 6.58. The van der Waals surface area contributed by atoms with Crippen LogP contribution in [0.2, 0.25) is 0 Å². The van der Waals surface area contributed by atoms with Crippen molar-refractivity contribution >= 4 is 18.6 Å². The van der Waals surface area contributed by atoms with Crippen molar-refractivity contribution in [2.45, 2.75) is 26.2 Å². The Morgan fingerprint density at radius 1 is 1.29 bits per heavy atom. The van der Waals surface area contributed by atoms with Gasteiger partial charge in [0.05, 0.1) is 12.7 Å². The van der Waals surface area contributed by atoms with E-state index in [-0.39, 0.29) is 10.9 Å². The fraction of sp³-hybridized carbons (Fsp3) is 0.417. The number of hydrogen-bond acceptors (Lipinski definition) is 4. The Hall–Kier alpha value is -1.33. The molecule has 1 aromatic rings. The summed E-state index contributed by atoms with van der Waals surface area (Å²) in [4.78, 5) is 11.7. The molecule has 0 fully saturated rings. The molecule has 0 aliphatic rings. The summed E-state index contributed by atoms with van der Waals surface area (Å²) < 4.78 is 4.70. The van der Waals surface area contributed by atoms with Gasteiger partial charge in [-0.2, -0.15) is 0 Å². The van der Waals surface area contributed by atoms with Crippen molar-refractivity contribution in [2.24, 2.45) is 0 Å². The summed E-state index contributed by atoms with van der Waals surface area (Å²) in [6, 6.07) is 4.77. The van der Waals surface area contributed by atoms with Crippen molar-refractivity contribution in [3.8, 4) is 0 Å². The highest BCUT2D eigenvalue weighted by Crippen LogP contribution is 2.25. The highest BCUT2D eigenvalue weighted by Gasteiger charge is 2.24. The SMILES string of the molecule is COC(=O)c1cc(B(O)O)ccc1C(C)(C)C. The molecule has 0 radical (unpaired) electrons. The molecular weight excluding hydrogens is 219 g/mol. The first-order chi connectivity index (χ1) is 7.77. The molecular formula is C12H17BO4. The lowest BCUT2D eigenvalue weighted by molar-refractivity contribution is 0.0598. The second-order valence-corrected chi connectivity index (χ2v) is 4.92. The summed E-state index contributed by atoms with van der Waals surface area (Å²) in [7, 11) is -0.288. The highest BCUT2D eigenvalue weighted by atomic mass is 16.5. The number of benzene rings is 1. The van der Waals surface area contributed by atoms with E-state index in [0.29, 0.717) is 5.56 Å². The molecule has 1 rings (SSSR count). The van der Waals surface area contributed by atoms with E-state index in [1.807, 2.05) is 20.8 Å². The number of ether oxygens (including phenoxy) is 1. The van der Waals surface area contributed by atoms with Crippen LogP contribution < -0.4 is 5.46 Å². The smallest absolute Gasteiger partial charge is 0.465 e. The maximum Gasteiger partial charge on any atom is 0.488 e. The van der Waals surface area contributed by atoms with Crippen LogP contribution in [0.4, 0.5) is 0 Å². The molecule has 0 aliphatic carbocycles. The van der Waals surface area contributed by atoms with Crippen LogP contribution in [-0.2, 0) is 10.2 Å². The average molecular weight is 236 g/mol. The van der Waals surface area contributed by atoms with E-state index in [9.17, 15) is 4.79 Å². The van der Waals surface area contributed by atoms with Gasteiger partial charge in [-0.15, -0.1) is 0 Å². The zero-order valence-electron chi connectivity index (χ0n) is 10.5. The molecule has 2 N–H and O–H groups in total. The standard InChI is InChI=1S/C12H17BO4/c1-12(2,3)10-6-5-8(13(15)16)7-9(10)11(14)17-4/h5-7,15-16H,1-4H3. The lowest BCUT2D eigenvalue weighted by atomic mass is 9.75. The van der Waals surface area contributed by atoms with Gasteiger partial charge in [-0.25, -0.2) is 4.79 Å². The molecule has 5 heteroatoms. The van der Waals surface area contributed by atoms with E-state index in [1.54, 1.807) is 12.1 Å². The molecule has 0 unspecified atom stereocenters. The van der Waals surface area contributed by atoms with Crippen LogP contribution in [0, 0.1) is 0 Å². The Kier molecular flexibility index (Phi) is 3.96. The van der Waals surface area contributed by atoms with Gasteiger partial charge in [0.25, 0.3) is 0 Å². The molecule has 4 nitrogen and oxygen atoms in total. The third-order valence-electron chi connectivity index (χ3n) is 2.56. The van der Waals surface area contributed by atoms with E-state index in [2.05, 4.69) is 0 Å². The zero-order chi connectivity index (χ0) is 13.2. The molecule has 0 bridgehead atoms. The monoisotopic (exact) mass is 236 g/mol. The van der Waals surface area contributed by atoms with Crippen LogP contribution >= 0.6 is 0 Å². The summed E-state index contributed by atoms with van der Waals surface area (Å²) in [6.45, 7) is 5.93. The first-order valence-electron chi connectivity index (χ1n) is 5.36. The third kappa shape index (κ3) is 3.08. The minimum atomic E-state index is -1.59. The second kappa shape index (κ2) is 4.90. The van der Waals surface area contributed by atoms with Gasteiger partial charge >= 0.3 is 13.1 Å².